The van der Waals surface area contributed by atoms with Gasteiger partial charge in [0.1, 0.15) is 0 Å². The molecule has 0 saturated carbocycles. The fraction of sp³-hybridized carbons (Fsp3) is 0.188. The lowest BCUT2D eigenvalue weighted by molar-refractivity contribution is 0.0940. The second kappa shape index (κ2) is 6.74. The van der Waals surface area contributed by atoms with Crippen LogP contribution in [-0.4, -0.2) is 5.91 Å². The van der Waals surface area contributed by atoms with Gasteiger partial charge in [-0.1, -0.05) is 39.7 Å². The van der Waals surface area contributed by atoms with Crippen molar-refractivity contribution in [3.8, 4) is 0 Å². The molecule has 0 radical (unpaired) electrons. The molecule has 0 aliphatic rings. The molecule has 2 rings (SSSR count). The largest absolute Gasteiger partial charge is 0.345 e. The van der Waals surface area contributed by atoms with Crippen molar-refractivity contribution >= 4 is 27.5 Å². The Morgan fingerprint density at radius 3 is 2.67 bits per heavy atom. The summed E-state index contributed by atoms with van der Waals surface area (Å²) in [5, 5.41) is 2.99. The molecule has 0 aliphatic carbocycles. The van der Waals surface area contributed by atoms with Crippen molar-refractivity contribution in [2.24, 2.45) is 5.84 Å². The van der Waals surface area contributed by atoms with E-state index in [1.807, 2.05) is 50.2 Å². The maximum atomic E-state index is 12.4. The number of nitrogens with two attached hydrogens (primary N) is 1. The highest BCUT2D eigenvalue weighted by molar-refractivity contribution is 9.10. The number of carbonyl (C=O) groups is 1. The van der Waals surface area contributed by atoms with Crippen molar-refractivity contribution in [2.45, 2.75) is 19.9 Å². The van der Waals surface area contributed by atoms with Gasteiger partial charge in [0.15, 0.2) is 0 Å². The van der Waals surface area contributed by atoms with E-state index in [2.05, 4.69) is 26.7 Å². The maximum Gasteiger partial charge on any atom is 0.253 e. The summed E-state index contributed by atoms with van der Waals surface area (Å²) in [6.07, 6.45) is 0. The molecular weight excluding hydrogens is 330 g/mol. The number of hydrazine groups is 1. The van der Waals surface area contributed by atoms with E-state index >= 15 is 0 Å². The standard InChI is InChI=1S/C16H18BrN3O/c1-10-6-7-15(20-18)14(8-10)16(21)19-11(2)12-4-3-5-13(17)9-12/h3-9,11,20H,18H2,1-2H3,(H,19,21). The van der Waals surface area contributed by atoms with Gasteiger partial charge >= 0.3 is 0 Å². The third-order valence-corrected chi connectivity index (χ3v) is 3.76. The number of carbonyl (C=O) groups excluding carboxylic acids is 1. The zero-order valence-electron chi connectivity index (χ0n) is 12.0. The van der Waals surface area contributed by atoms with Crippen LogP contribution in [0.5, 0.6) is 0 Å². The summed E-state index contributed by atoms with van der Waals surface area (Å²) in [6, 6.07) is 13.3. The van der Waals surface area contributed by atoms with Crippen molar-refractivity contribution in [2.75, 3.05) is 5.43 Å². The van der Waals surface area contributed by atoms with Gasteiger partial charge in [-0.25, -0.2) is 0 Å². The number of nitrogens with one attached hydrogen (secondary N) is 2. The van der Waals surface area contributed by atoms with Crippen LogP contribution < -0.4 is 16.6 Å². The topological polar surface area (TPSA) is 67.1 Å². The molecule has 0 aliphatic heterocycles. The van der Waals surface area contributed by atoms with Crippen molar-refractivity contribution in [3.05, 3.63) is 63.6 Å². The first-order valence-electron chi connectivity index (χ1n) is 6.65. The van der Waals surface area contributed by atoms with Gasteiger partial charge in [-0.15, -0.1) is 0 Å². The van der Waals surface area contributed by atoms with Crippen LogP contribution in [0, 0.1) is 6.92 Å². The normalized spacial score (nSPS) is 11.8. The van der Waals surface area contributed by atoms with Crippen LogP contribution in [0.25, 0.3) is 0 Å². The Bertz CT molecular complexity index is 658. The molecule has 2 aromatic rings. The second-order valence-electron chi connectivity index (χ2n) is 4.94. The Morgan fingerprint density at radius 2 is 2.00 bits per heavy atom. The van der Waals surface area contributed by atoms with Crippen molar-refractivity contribution in [1.29, 1.82) is 0 Å². The average molecular weight is 348 g/mol. The number of anilines is 1. The van der Waals surface area contributed by atoms with Gasteiger partial charge in [-0.05, 0) is 43.7 Å². The highest BCUT2D eigenvalue weighted by Crippen LogP contribution is 2.20. The Kier molecular flexibility index (Phi) is 4.98. The average Bonchev–Trinajstić information content (AvgIpc) is 2.47. The Hall–Kier alpha value is -1.85. The minimum atomic E-state index is -0.154. The van der Waals surface area contributed by atoms with Gasteiger partial charge < -0.3 is 10.7 Å². The minimum Gasteiger partial charge on any atom is -0.345 e. The first-order chi connectivity index (χ1) is 10.0. The van der Waals surface area contributed by atoms with Gasteiger partial charge in [0, 0.05) is 4.47 Å². The van der Waals surface area contributed by atoms with Crippen LogP contribution >= 0.6 is 15.9 Å². The molecule has 1 amide bonds. The SMILES string of the molecule is Cc1ccc(NN)c(C(=O)NC(C)c2cccc(Br)c2)c1. The maximum absolute atomic E-state index is 12.4. The molecule has 0 bridgehead atoms. The summed E-state index contributed by atoms with van der Waals surface area (Å²) in [4.78, 5) is 12.4. The molecule has 0 fully saturated rings. The monoisotopic (exact) mass is 347 g/mol. The second-order valence-corrected chi connectivity index (χ2v) is 5.86. The number of hydrogen-bond donors (Lipinski definition) is 3. The van der Waals surface area contributed by atoms with Gasteiger partial charge in [0.05, 0.1) is 17.3 Å². The molecule has 110 valence electrons. The number of amides is 1. The van der Waals surface area contributed by atoms with E-state index < -0.39 is 0 Å². The van der Waals surface area contributed by atoms with E-state index in [1.54, 1.807) is 6.07 Å². The van der Waals surface area contributed by atoms with Crippen molar-refractivity contribution in [1.82, 2.24) is 5.32 Å². The predicted molar refractivity (Wildman–Crippen MR) is 89.0 cm³/mol. The van der Waals surface area contributed by atoms with E-state index in [9.17, 15) is 4.79 Å². The van der Waals surface area contributed by atoms with Gasteiger partial charge in [0.2, 0.25) is 0 Å². The molecule has 4 nitrogen and oxygen atoms in total. The molecule has 0 spiro atoms. The van der Waals surface area contributed by atoms with E-state index in [-0.39, 0.29) is 11.9 Å². The highest BCUT2D eigenvalue weighted by atomic mass is 79.9. The Morgan fingerprint density at radius 1 is 1.24 bits per heavy atom. The molecular formula is C16H18BrN3O. The fourth-order valence-corrected chi connectivity index (χ4v) is 2.52. The summed E-state index contributed by atoms with van der Waals surface area (Å²) in [6.45, 7) is 3.89. The van der Waals surface area contributed by atoms with Gasteiger partial charge in [-0.3, -0.25) is 10.6 Å². The van der Waals surface area contributed by atoms with Gasteiger partial charge in [-0.2, -0.15) is 0 Å². The van der Waals surface area contributed by atoms with Crippen LogP contribution in [-0.2, 0) is 0 Å². The zero-order chi connectivity index (χ0) is 15.4. The van der Waals surface area contributed by atoms with E-state index in [0.29, 0.717) is 11.3 Å². The van der Waals surface area contributed by atoms with E-state index in [1.165, 1.54) is 0 Å². The molecule has 1 unspecified atom stereocenters. The Balaban J connectivity index is 2.20. The molecule has 5 heteroatoms. The van der Waals surface area contributed by atoms with Crippen LogP contribution in [0.3, 0.4) is 0 Å². The third-order valence-electron chi connectivity index (χ3n) is 3.27. The molecule has 21 heavy (non-hydrogen) atoms. The van der Waals surface area contributed by atoms with Crippen LogP contribution in [0.2, 0.25) is 0 Å². The van der Waals surface area contributed by atoms with E-state index in [0.717, 1.165) is 15.6 Å². The quantitative estimate of drug-likeness (QED) is 0.585. The van der Waals surface area contributed by atoms with Gasteiger partial charge in [0.25, 0.3) is 5.91 Å². The smallest absolute Gasteiger partial charge is 0.253 e. The summed E-state index contributed by atoms with van der Waals surface area (Å²) < 4.78 is 0.987. The van der Waals surface area contributed by atoms with Crippen LogP contribution in [0.15, 0.2) is 46.9 Å². The summed E-state index contributed by atoms with van der Waals surface area (Å²) in [7, 11) is 0. The number of halogens is 1. The molecule has 0 saturated heterocycles. The lowest BCUT2D eigenvalue weighted by Crippen LogP contribution is -2.28. The molecule has 4 N–H and O–H groups in total. The molecule has 2 aromatic carbocycles. The summed E-state index contributed by atoms with van der Waals surface area (Å²) >= 11 is 3.43. The summed E-state index contributed by atoms with van der Waals surface area (Å²) in [5.74, 6) is 5.31. The first kappa shape index (κ1) is 15.5. The van der Waals surface area contributed by atoms with Crippen molar-refractivity contribution in [3.63, 3.8) is 0 Å². The number of benzene rings is 2. The molecule has 0 aromatic heterocycles. The van der Waals surface area contributed by atoms with Crippen molar-refractivity contribution < 1.29 is 4.79 Å². The highest BCUT2D eigenvalue weighted by Gasteiger charge is 2.15. The number of aryl methyl sites for hydroxylation is 1. The van der Waals surface area contributed by atoms with Crippen LogP contribution in [0.1, 0.15) is 34.5 Å². The van der Waals surface area contributed by atoms with Crippen LogP contribution in [0.4, 0.5) is 5.69 Å². The predicted octanol–water partition coefficient (Wildman–Crippen LogP) is 3.53. The fourth-order valence-electron chi connectivity index (χ4n) is 2.11. The number of rotatable bonds is 4. The minimum absolute atomic E-state index is 0.0962. The molecule has 0 heterocycles. The first-order valence-corrected chi connectivity index (χ1v) is 7.44. The lowest BCUT2D eigenvalue weighted by atomic mass is 10.1. The number of hydrogen-bond acceptors (Lipinski definition) is 3. The Labute approximate surface area is 132 Å². The third kappa shape index (κ3) is 3.83. The number of nitrogen functional groups attached to an aromatic ring is 1. The lowest BCUT2D eigenvalue weighted by Gasteiger charge is -2.16. The zero-order valence-corrected chi connectivity index (χ0v) is 13.6. The molecule has 1 atom stereocenters. The summed E-state index contributed by atoms with van der Waals surface area (Å²) in [5.41, 5.74) is 5.75. The van der Waals surface area contributed by atoms with E-state index in [4.69, 9.17) is 5.84 Å².